The molecule has 180 valence electrons. The maximum absolute atomic E-state index is 13.4. The van der Waals surface area contributed by atoms with Gasteiger partial charge in [-0.05, 0) is 37.2 Å². The molecule has 0 aliphatic carbocycles. The van der Waals surface area contributed by atoms with Gasteiger partial charge in [0.05, 0.1) is 6.54 Å². The largest absolute Gasteiger partial charge is 0.388 e. The van der Waals surface area contributed by atoms with Crippen LogP contribution in [-0.2, 0) is 14.3 Å². The molecule has 3 fully saturated rings. The van der Waals surface area contributed by atoms with E-state index in [0.29, 0.717) is 12.0 Å². The minimum Gasteiger partial charge on any atom is -0.388 e. The fraction of sp³-hybridized carbons (Fsp3) is 0.625. The molecule has 0 bridgehead atoms. The minimum absolute atomic E-state index is 0.0302. The first-order valence-corrected chi connectivity index (χ1v) is 11.8. The van der Waals surface area contributed by atoms with E-state index >= 15 is 0 Å². The number of nitrogens with zero attached hydrogens (tertiary/aromatic N) is 3. The van der Waals surface area contributed by atoms with Crippen molar-refractivity contribution < 1.29 is 24.2 Å². The third kappa shape index (κ3) is 4.76. The van der Waals surface area contributed by atoms with Gasteiger partial charge in [-0.2, -0.15) is 0 Å². The lowest BCUT2D eigenvalue weighted by Crippen LogP contribution is -2.54. The van der Waals surface area contributed by atoms with Crippen LogP contribution in [0.25, 0.3) is 0 Å². The van der Waals surface area contributed by atoms with Gasteiger partial charge >= 0.3 is 0 Å². The maximum Gasteiger partial charge on any atom is 0.251 e. The van der Waals surface area contributed by atoms with E-state index in [4.69, 9.17) is 4.74 Å². The second-order valence-electron chi connectivity index (χ2n) is 9.42. The number of likely N-dealkylation sites (N-methyl/N-ethyl adjacent to an activating group) is 1. The predicted octanol–water partition coefficient (Wildman–Crippen LogP) is 0.123. The van der Waals surface area contributed by atoms with Crippen LogP contribution in [0, 0.1) is 5.92 Å². The normalized spacial score (nSPS) is 27.4. The van der Waals surface area contributed by atoms with Crippen molar-refractivity contribution in [2.75, 3.05) is 51.3 Å². The van der Waals surface area contributed by atoms with Gasteiger partial charge in [0.2, 0.25) is 5.91 Å². The summed E-state index contributed by atoms with van der Waals surface area (Å²) in [6.45, 7) is 7.67. The number of β-amino-alcohol motifs (C(OH)–C–C–N with tert-alkyl or cyclic N) is 1. The van der Waals surface area contributed by atoms with Gasteiger partial charge in [0.15, 0.2) is 5.78 Å². The van der Waals surface area contributed by atoms with Gasteiger partial charge in [0.1, 0.15) is 30.9 Å². The summed E-state index contributed by atoms with van der Waals surface area (Å²) < 4.78 is 5.38. The summed E-state index contributed by atoms with van der Waals surface area (Å²) in [5.41, 5.74) is 1.56. The van der Waals surface area contributed by atoms with Crippen molar-refractivity contribution >= 4 is 23.3 Å². The van der Waals surface area contributed by atoms with Crippen LogP contribution in [0.1, 0.15) is 30.6 Å². The lowest BCUT2D eigenvalue weighted by Gasteiger charge is -2.34. The van der Waals surface area contributed by atoms with Crippen LogP contribution in [0.4, 0.5) is 5.69 Å². The van der Waals surface area contributed by atoms with Crippen molar-refractivity contribution in [2.45, 2.75) is 44.6 Å². The van der Waals surface area contributed by atoms with Crippen LogP contribution in [-0.4, -0.2) is 103 Å². The molecule has 1 aromatic rings. The highest BCUT2D eigenvalue weighted by Gasteiger charge is 2.53. The second kappa shape index (κ2) is 9.79. The first kappa shape index (κ1) is 23.7. The minimum atomic E-state index is -0.902. The van der Waals surface area contributed by atoms with Gasteiger partial charge < -0.3 is 29.9 Å². The third-order valence-corrected chi connectivity index (χ3v) is 7.20. The van der Waals surface area contributed by atoms with Crippen molar-refractivity contribution in [3.63, 3.8) is 0 Å². The number of hydrogen-bond acceptors (Lipinski definition) is 7. The molecule has 0 saturated carbocycles. The molecule has 3 aliphatic rings. The molecular formula is C24H34N4O5. The number of benzene rings is 1. The SMILES string of the molecule is CC[C@H](C)[C@H](NC(=O)c1ccc(N2CCN(C)CC2)cc1)C(=O)N1C[C@H](O)[C@H]2OCC(=O)[C@H]21. The summed E-state index contributed by atoms with van der Waals surface area (Å²) in [6.07, 6.45) is -0.911. The van der Waals surface area contributed by atoms with Gasteiger partial charge in [-0.15, -0.1) is 0 Å². The number of nitrogens with one attached hydrogen (secondary N) is 1. The molecule has 4 rings (SSSR count). The molecule has 1 aromatic carbocycles. The Morgan fingerprint density at radius 2 is 1.85 bits per heavy atom. The van der Waals surface area contributed by atoms with Crippen molar-refractivity contribution in [3.05, 3.63) is 29.8 Å². The zero-order chi connectivity index (χ0) is 23.7. The molecule has 2 amide bonds. The molecule has 3 saturated heterocycles. The number of ketones is 1. The van der Waals surface area contributed by atoms with E-state index in [0.717, 1.165) is 31.9 Å². The number of aliphatic hydroxyl groups excluding tert-OH is 1. The summed E-state index contributed by atoms with van der Waals surface area (Å²) in [5, 5.41) is 13.1. The van der Waals surface area contributed by atoms with Crippen LogP contribution >= 0.6 is 0 Å². The maximum atomic E-state index is 13.4. The van der Waals surface area contributed by atoms with Gasteiger partial charge in [0, 0.05) is 37.4 Å². The molecule has 9 nitrogen and oxygen atoms in total. The highest BCUT2D eigenvalue weighted by Crippen LogP contribution is 2.29. The molecular weight excluding hydrogens is 424 g/mol. The average molecular weight is 459 g/mol. The predicted molar refractivity (Wildman–Crippen MR) is 123 cm³/mol. The van der Waals surface area contributed by atoms with Crippen LogP contribution in [0.5, 0.6) is 0 Å². The van der Waals surface area contributed by atoms with E-state index < -0.39 is 24.3 Å². The quantitative estimate of drug-likeness (QED) is 0.624. The zero-order valence-electron chi connectivity index (χ0n) is 19.6. The van der Waals surface area contributed by atoms with E-state index in [9.17, 15) is 19.5 Å². The van der Waals surface area contributed by atoms with Crippen LogP contribution < -0.4 is 10.2 Å². The van der Waals surface area contributed by atoms with Crippen LogP contribution in [0.15, 0.2) is 24.3 Å². The monoisotopic (exact) mass is 458 g/mol. The Labute approximate surface area is 194 Å². The molecule has 33 heavy (non-hydrogen) atoms. The van der Waals surface area contributed by atoms with E-state index in [1.165, 1.54) is 4.90 Å². The van der Waals surface area contributed by atoms with Crippen molar-refractivity contribution in [1.29, 1.82) is 0 Å². The van der Waals surface area contributed by atoms with Crippen LogP contribution in [0.2, 0.25) is 0 Å². The topological polar surface area (TPSA) is 102 Å². The van der Waals surface area contributed by atoms with Crippen molar-refractivity contribution in [2.24, 2.45) is 5.92 Å². The standard InChI is InChI=1S/C24H34N4O5/c1-4-15(2)20(24(32)28-13-18(29)22-21(28)19(30)14-33-22)25-23(31)16-5-7-17(8-6-16)27-11-9-26(3)10-12-27/h5-8,15,18,20-22,29H,4,9-14H2,1-3H3,(H,25,31)/t15-,18-,20-,21+,22+/m0/s1. The Morgan fingerprint density at radius 3 is 2.48 bits per heavy atom. The first-order valence-electron chi connectivity index (χ1n) is 11.8. The van der Waals surface area contributed by atoms with Gasteiger partial charge in [-0.1, -0.05) is 20.3 Å². The van der Waals surface area contributed by atoms with E-state index in [1.54, 1.807) is 12.1 Å². The summed E-state index contributed by atoms with van der Waals surface area (Å²) in [7, 11) is 2.11. The van der Waals surface area contributed by atoms with Crippen molar-refractivity contribution in [1.82, 2.24) is 15.1 Å². The Morgan fingerprint density at radius 1 is 1.18 bits per heavy atom. The number of piperazine rings is 1. The number of likely N-dealkylation sites (tertiary alicyclic amines) is 1. The number of amides is 2. The summed E-state index contributed by atoms with van der Waals surface area (Å²) in [5.74, 6) is -1.03. The lowest BCUT2D eigenvalue weighted by molar-refractivity contribution is -0.139. The number of fused-ring (bicyclic) bond motifs is 1. The smallest absolute Gasteiger partial charge is 0.251 e. The summed E-state index contributed by atoms with van der Waals surface area (Å²) in [6, 6.07) is 5.88. The van der Waals surface area contributed by atoms with E-state index in [-0.39, 0.29) is 36.7 Å². The number of rotatable bonds is 6. The average Bonchev–Trinajstić information content (AvgIpc) is 3.37. The highest BCUT2D eigenvalue weighted by molar-refractivity contribution is 5.99. The van der Waals surface area contributed by atoms with Gasteiger partial charge in [-0.25, -0.2) is 0 Å². The summed E-state index contributed by atoms with van der Waals surface area (Å²) >= 11 is 0. The molecule has 0 aromatic heterocycles. The Bertz CT molecular complexity index is 883. The number of aliphatic hydroxyl groups is 1. The third-order valence-electron chi connectivity index (χ3n) is 7.20. The van der Waals surface area contributed by atoms with Gasteiger partial charge in [-0.3, -0.25) is 14.4 Å². The number of Topliss-reactive ketones (excluding diaryl/α,β-unsaturated/α-hetero) is 1. The molecule has 9 heteroatoms. The number of ether oxygens (including phenoxy) is 1. The Kier molecular flexibility index (Phi) is 7.02. The van der Waals surface area contributed by atoms with E-state index in [2.05, 4.69) is 22.2 Å². The highest BCUT2D eigenvalue weighted by atomic mass is 16.5. The number of anilines is 1. The summed E-state index contributed by atoms with van der Waals surface area (Å²) in [4.78, 5) is 44.7. The molecule has 0 unspecified atom stereocenters. The Balaban J connectivity index is 1.45. The molecule has 2 N–H and O–H groups in total. The Hall–Kier alpha value is -2.49. The van der Waals surface area contributed by atoms with Crippen LogP contribution in [0.3, 0.4) is 0 Å². The first-order chi connectivity index (χ1) is 15.8. The van der Waals surface area contributed by atoms with Crippen molar-refractivity contribution in [3.8, 4) is 0 Å². The van der Waals surface area contributed by atoms with E-state index in [1.807, 2.05) is 26.0 Å². The molecule has 3 heterocycles. The number of carbonyl (C=O) groups is 3. The number of hydrogen-bond donors (Lipinski definition) is 2. The molecule has 3 aliphatic heterocycles. The van der Waals surface area contributed by atoms with Gasteiger partial charge in [0.25, 0.3) is 5.91 Å². The molecule has 5 atom stereocenters. The second-order valence-corrected chi connectivity index (χ2v) is 9.42. The fourth-order valence-corrected chi connectivity index (χ4v) is 4.83. The zero-order valence-corrected chi connectivity index (χ0v) is 19.6. The fourth-order valence-electron chi connectivity index (χ4n) is 4.83. The lowest BCUT2D eigenvalue weighted by atomic mass is 9.96. The molecule has 0 spiro atoms. The molecule has 0 radical (unpaired) electrons. The number of carbonyl (C=O) groups excluding carboxylic acids is 3.